The highest BCUT2D eigenvalue weighted by Crippen LogP contribution is 2.22. The molecule has 4 nitrogen and oxygen atoms in total. The summed E-state index contributed by atoms with van der Waals surface area (Å²) in [6.45, 7) is 7.15. The lowest BCUT2D eigenvalue weighted by atomic mass is 9.87. The molecule has 18 heavy (non-hydrogen) atoms. The number of nitrogens with one attached hydrogen (secondary N) is 1. The van der Waals surface area contributed by atoms with E-state index >= 15 is 0 Å². The second-order valence-electron chi connectivity index (χ2n) is 5.65. The summed E-state index contributed by atoms with van der Waals surface area (Å²) in [5.41, 5.74) is 0.123. The summed E-state index contributed by atoms with van der Waals surface area (Å²) in [6.07, 6.45) is 5.52. The maximum Gasteiger partial charge on any atom is 0.303 e. The van der Waals surface area contributed by atoms with Crippen LogP contribution in [0.2, 0.25) is 0 Å². The van der Waals surface area contributed by atoms with E-state index in [1.807, 2.05) is 0 Å². The van der Waals surface area contributed by atoms with Crippen LogP contribution >= 0.6 is 0 Å². The number of rotatable bonds is 10. The molecule has 0 heterocycles. The number of carbonyl (C=O) groups is 2. The summed E-state index contributed by atoms with van der Waals surface area (Å²) >= 11 is 0. The van der Waals surface area contributed by atoms with E-state index in [9.17, 15) is 9.59 Å². The molecule has 0 aromatic carbocycles. The van der Waals surface area contributed by atoms with Crippen LogP contribution in [0.15, 0.2) is 0 Å². The molecule has 0 aromatic rings. The molecular formula is C14H27NO3. The first-order chi connectivity index (χ1) is 8.37. The number of carboxylic acid groups (broad SMARTS) is 1. The van der Waals surface area contributed by atoms with Crippen molar-refractivity contribution in [3.8, 4) is 0 Å². The summed E-state index contributed by atoms with van der Waals surface area (Å²) in [5.74, 6) is -0.887. The Morgan fingerprint density at radius 3 is 2.33 bits per heavy atom. The molecule has 106 valence electrons. The van der Waals surface area contributed by atoms with E-state index in [1.165, 1.54) is 19.3 Å². The standard InChI is InChI=1S/C14H27NO3/c1-4-5-6-10-14(2,3)11-15-12(16)8-7-9-13(17)18/h4-11H2,1-3H3,(H,15,16)(H,17,18). The minimum Gasteiger partial charge on any atom is -0.481 e. The number of carboxylic acids is 1. The molecule has 0 saturated heterocycles. The molecular weight excluding hydrogens is 230 g/mol. The van der Waals surface area contributed by atoms with Gasteiger partial charge in [-0.05, 0) is 18.3 Å². The van der Waals surface area contributed by atoms with Crippen LogP contribution in [0, 0.1) is 5.41 Å². The largest absolute Gasteiger partial charge is 0.481 e. The van der Waals surface area contributed by atoms with Crippen molar-refractivity contribution >= 4 is 11.9 Å². The van der Waals surface area contributed by atoms with Crippen molar-refractivity contribution in [2.75, 3.05) is 6.54 Å². The first-order valence-electron chi connectivity index (χ1n) is 6.86. The zero-order chi connectivity index (χ0) is 14.0. The van der Waals surface area contributed by atoms with E-state index in [4.69, 9.17) is 5.11 Å². The van der Waals surface area contributed by atoms with Gasteiger partial charge in [0.15, 0.2) is 0 Å². The third-order valence-electron chi connectivity index (χ3n) is 3.02. The third-order valence-corrected chi connectivity index (χ3v) is 3.02. The molecule has 0 rings (SSSR count). The van der Waals surface area contributed by atoms with Crippen molar-refractivity contribution in [2.24, 2.45) is 5.41 Å². The highest BCUT2D eigenvalue weighted by molar-refractivity contribution is 5.76. The van der Waals surface area contributed by atoms with E-state index < -0.39 is 5.97 Å². The van der Waals surface area contributed by atoms with Crippen molar-refractivity contribution in [3.05, 3.63) is 0 Å². The molecule has 0 spiro atoms. The second-order valence-corrected chi connectivity index (χ2v) is 5.65. The van der Waals surface area contributed by atoms with E-state index in [1.54, 1.807) is 0 Å². The van der Waals surface area contributed by atoms with Crippen LogP contribution in [0.25, 0.3) is 0 Å². The Balaban J connectivity index is 3.71. The van der Waals surface area contributed by atoms with Gasteiger partial charge in [-0.1, -0.05) is 40.0 Å². The van der Waals surface area contributed by atoms with Gasteiger partial charge in [0.1, 0.15) is 0 Å². The smallest absolute Gasteiger partial charge is 0.303 e. The van der Waals surface area contributed by atoms with Crippen LogP contribution in [-0.4, -0.2) is 23.5 Å². The molecule has 0 fully saturated rings. The second kappa shape index (κ2) is 8.95. The minimum absolute atomic E-state index is 0.0418. The predicted molar refractivity (Wildman–Crippen MR) is 72.4 cm³/mol. The maximum atomic E-state index is 11.5. The Kier molecular flexibility index (Phi) is 8.42. The number of carbonyl (C=O) groups excluding carboxylic acids is 1. The molecule has 0 unspecified atom stereocenters. The average Bonchev–Trinajstić information content (AvgIpc) is 2.26. The van der Waals surface area contributed by atoms with Crippen molar-refractivity contribution in [1.82, 2.24) is 5.32 Å². The molecule has 1 amide bonds. The molecule has 4 heteroatoms. The van der Waals surface area contributed by atoms with Gasteiger partial charge in [0, 0.05) is 19.4 Å². The topological polar surface area (TPSA) is 66.4 Å². The van der Waals surface area contributed by atoms with Gasteiger partial charge >= 0.3 is 5.97 Å². The number of hydrogen-bond acceptors (Lipinski definition) is 2. The van der Waals surface area contributed by atoms with Gasteiger partial charge in [0.25, 0.3) is 0 Å². The lowest BCUT2D eigenvalue weighted by Gasteiger charge is -2.25. The number of hydrogen-bond donors (Lipinski definition) is 2. The summed E-state index contributed by atoms with van der Waals surface area (Å²) in [6, 6.07) is 0. The number of amides is 1. The van der Waals surface area contributed by atoms with Crippen LogP contribution < -0.4 is 5.32 Å². The molecule has 0 radical (unpaired) electrons. The molecule has 2 N–H and O–H groups in total. The number of aliphatic carboxylic acids is 1. The van der Waals surface area contributed by atoms with Crippen molar-refractivity contribution in [3.63, 3.8) is 0 Å². The predicted octanol–water partition coefficient (Wildman–Crippen LogP) is 2.96. The van der Waals surface area contributed by atoms with Crippen LogP contribution in [0.5, 0.6) is 0 Å². The molecule has 0 aromatic heterocycles. The Morgan fingerprint density at radius 1 is 1.11 bits per heavy atom. The van der Waals surface area contributed by atoms with E-state index in [0.29, 0.717) is 19.4 Å². The zero-order valence-corrected chi connectivity index (χ0v) is 11.9. The highest BCUT2D eigenvalue weighted by atomic mass is 16.4. The molecule has 0 aliphatic rings. The quantitative estimate of drug-likeness (QED) is 0.591. The zero-order valence-electron chi connectivity index (χ0n) is 11.9. The normalized spacial score (nSPS) is 11.3. The Morgan fingerprint density at radius 2 is 1.78 bits per heavy atom. The molecule has 0 aliphatic carbocycles. The summed E-state index contributed by atoms with van der Waals surface area (Å²) in [7, 11) is 0. The fraction of sp³-hybridized carbons (Fsp3) is 0.857. The molecule has 0 aliphatic heterocycles. The SMILES string of the molecule is CCCCCC(C)(C)CNC(=O)CCCC(=O)O. The lowest BCUT2D eigenvalue weighted by molar-refractivity contribution is -0.137. The fourth-order valence-electron chi connectivity index (χ4n) is 1.77. The summed E-state index contributed by atoms with van der Waals surface area (Å²) in [5, 5.41) is 11.4. The summed E-state index contributed by atoms with van der Waals surface area (Å²) < 4.78 is 0. The first-order valence-corrected chi connectivity index (χ1v) is 6.86. The van der Waals surface area contributed by atoms with Crippen molar-refractivity contribution in [2.45, 2.75) is 65.7 Å². The van der Waals surface area contributed by atoms with Crippen LogP contribution in [0.4, 0.5) is 0 Å². The molecule has 0 saturated carbocycles. The Labute approximate surface area is 110 Å². The van der Waals surface area contributed by atoms with Gasteiger partial charge in [-0.2, -0.15) is 0 Å². The van der Waals surface area contributed by atoms with Crippen LogP contribution in [0.1, 0.15) is 65.7 Å². The van der Waals surface area contributed by atoms with Gasteiger partial charge in [0.2, 0.25) is 5.91 Å². The van der Waals surface area contributed by atoms with Gasteiger partial charge in [0.05, 0.1) is 0 Å². The van der Waals surface area contributed by atoms with Gasteiger partial charge < -0.3 is 10.4 Å². The maximum absolute atomic E-state index is 11.5. The van der Waals surface area contributed by atoms with Crippen LogP contribution in [0.3, 0.4) is 0 Å². The van der Waals surface area contributed by atoms with E-state index in [2.05, 4.69) is 26.1 Å². The van der Waals surface area contributed by atoms with E-state index in [-0.39, 0.29) is 17.7 Å². The minimum atomic E-state index is -0.845. The first kappa shape index (κ1) is 16.9. The number of unbranched alkanes of at least 4 members (excludes halogenated alkanes) is 2. The lowest BCUT2D eigenvalue weighted by Crippen LogP contribution is -2.33. The highest BCUT2D eigenvalue weighted by Gasteiger charge is 2.18. The molecule has 0 bridgehead atoms. The van der Waals surface area contributed by atoms with Gasteiger partial charge in [-0.25, -0.2) is 0 Å². The average molecular weight is 257 g/mol. The van der Waals surface area contributed by atoms with Crippen LogP contribution in [-0.2, 0) is 9.59 Å². The third kappa shape index (κ3) is 10.1. The Bertz CT molecular complexity index is 262. The van der Waals surface area contributed by atoms with E-state index in [0.717, 1.165) is 6.42 Å². The monoisotopic (exact) mass is 257 g/mol. The Hall–Kier alpha value is -1.06. The fourth-order valence-corrected chi connectivity index (χ4v) is 1.77. The summed E-state index contributed by atoms with van der Waals surface area (Å²) in [4.78, 5) is 21.8. The van der Waals surface area contributed by atoms with Crippen molar-refractivity contribution in [1.29, 1.82) is 0 Å². The van der Waals surface area contributed by atoms with Gasteiger partial charge in [-0.3, -0.25) is 9.59 Å². The van der Waals surface area contributed by atoms with Crippen molar-refractivity contribution < 1.29 is 14.7 Å². The molecule has 0 atom stereocenters. The van der Waals surface area contributed by atoms with Gasteiger partial charge in [-0.15, -0.1) is 0 Å².